The largest absolute Gasteiger partial charge is 0.489 e. The number of hydrogen-bond acceptors (Lipinski definition) is 8. The van der Waals surface area contributed by atoms with Gasteiger partial charge in [0.1, 0.15) is 23.8 Å². The number of benzene rings is 2. The molecule has 0 heterocycles. The molecule has 0 aliphatic carbocycles. The van der Waals surface area contributed by atoms with E-state index in [-0.39, 0.29) is 55.3 Å². The molecule has 0 fully saturated rings. The molecule has 0 aliphatic heterocycles. The summed E-state index contributed by atoms with van der Waals surface area (Å²) >= 11 is 0. The Balaban J connectivity index is 2.29. The van der Waals surface area contributed by atoms with Crippen LogP contribution < -0.4 is 4.74 Å². The van der Waals surface area contributed by atoms with Crippen LogP contribution in [0.15, 0.2) is 36.4 Å². The summed E-state index contributed by atoms with van der Waals surface area (Å²) in [5.74, 6) is -1.87. The standard InChI is InChI=1S/C26H30F4N2O8/c1-25(2,3)40-24(34)31(10-12-38-11-9-23(33)37-4)15-18-14-19(32(35)36)6-8-22(18)39-16-17-5-7-21(27)20(13-17)26(28,29)30/h5-8,13-14H,9-12,15-16H2,1-4H3. The predicted molar refractivity (Wildman–Crippen MR) is 133 cm³/mol. The normalized spacial score (nSPS) is 11.6. The van der Waals surface area contributed by atoms with E-state index in [2.05, 4.69) is 4.74 Å². The number of carbonyl (C=O) groups is 2. The lowest BCUT2D eigenvalue weighted by atomic mass is 10.1. The lowest BCUT2D eigenvalue weighted by molar-refractivity contribution is -0.385. The van der Waals surface area contributed by atoms with Gasteiger partial charge in [0, 0.05) is 24.2 Å². The third kappa shape index (κ3) is 10.3. The summed E-state index contributed by atoms with van der Waals surface area (Å²) in [6.07, 6.45) is -5.69. The minimum atomic E-state index is -4.91. The summed E-state index contributed by atoms with van der Waals surface area (Å²) in [6, 6.07) is 5.95. The molecule has 2 aromatic carbocycles. The van der Waals surface area contributed by atoms with Crippen molar-refractivity contribution in [1.82, 2.24) is 4.90 Å². The van der Waals surface area contributed by atoms with E-state index in [0.29, 0.717) is 12.1 Å². The summed E-state index contributed by atoms with van der Waals surface area (Å²) in [7, 11) is 1.23. The van der Waals surface area contributed by atoms with Crippen LogP contribution in [0.25, 0.3) is 0 Å². The third-order valence-electron chi connectivity index (χ3n) is 5.18. The van der Waals surface area contributed by atoms with Crippen molar-refractivity contribution in [2.24, 2.45) is 0 Å². The zero-order valence-electron chi connectivity index (χ0n) is 22.4. The van der Waals surface area contributed by atoms with Gasteiger partial charge in [0.2, 0.25) is 0 Å². The van der Waals surface area contributed by atoms with Crippen LogP contribution >= 0.6 is 0 Å². The number of amides is 1. The predicted octanol–water partition coefficient (Wildman–Crippen LogP) is 5.65. The molecular weight excluding hydrogens is 544 g/mol. The van der Waals surface area contributed by atoms with Crippen LogP contribution in [0.5, 0.6) is 5.75 Å². The van der Waals surface area contributed by atoms with E-state index in [0.717, 1.165) is 18.2 Å². The van der Waals surface area contributed by atoms with E-state index in [4.69, 9.17) is 14.2 Å². The van der Waals surface area contributed by atoms with Gasteiger partial charge >= 0.3 is 18.2 Å². The Morgan fingerprint density at radius 1 is 1.05 bits per heavy atom. The van der Waals surface area contributed by atoms with Gasteiger partial charge in [-0.15, -0.1) is 0 Å². The summed E-state index contributed by atoms with van der Waals surface area (Å²) in [5, 5.41) is 11.4. The zero-order valence-corrected chi connectivity index (χ0v) is 22.4. The van der Waals surface area contributed by atoms with Crippen LogP contribution in [0.3, 0.4) is 0 Å². The molecule has 0 aromatic heterocycles. The molecular formula is C26H30F4N2O8. The number of halogens is 4. The smallest absolute Gasteiger partial charge is 0.419 e. The summed E-state index contributed by atoms with van der Waals surface area (Å²) in [5.41, 5.74) is -2.49. The van der Waals surface area contributed by atoms with Crippen LogP contribution in [-0.2, 0) is 38.3 Å². The van der Waals surface area contributed by atoms with Crippen molar-refractivity contribution in [1.29, 1.82) is 0 Å². The molecule has 2 rings (SSSR count). The topological polar surface area (TPSA) is 117 Å². The molecule has 0 saturated heterocycles. The lowest BCUT2D eigenvalue weighted by Gasteiger charge is -2.28. The number of methoxy groups -OCH3 is 1. The van der Waals surface area contributed by atoms with Gasteiger partial charge < -0.3 is 23.8 Å². The number of nitrogens with zero attached hydrogens (tertiary/aromatic N) is 2. The molecule has 0 unspecified atom stereocenters. The molecule has 0 bridgehead atoms. The van der Waals surface area contributed by atoms with Crippen molar-refractivity contribution in [3.63, 3.8) is 0 Å². The summed E-state index contributed by atoms with van der Waals surface area (Å²) in [6.45, 7) is 4.25. The molecule has 0 radical (unpaired) electrons. The van der Waals surface area contributed by atoms with Crippen molar-refractivity contribution >= 4 is 17.7 Å². The van der Waals surface area contributed by atoms with Crippen molar-refractivity contribution in [2.75, 3.05) is 26.9 Å². The molecule has 0 saturated carbocycles. The fraction of sp³-hybridized carbons (Fsp3) is 0.462. The van der Waals surface area contributed by atoms with Gasteiger partial charge in [-0.05, 0) is 44.5 Å². The van der Waals surface area contributed by atoms with Crippen molar-refractivity contribution in [3.8, 4) is 5.75 Å². The van der Waals surface area contributed by atoms with Gasteiger partial charge in [0.25, 0.3) is 5.69 Å². The van der Waals surface area contributed by atoms with E-state index in [1.807, 2.05) is 0 Å². The van der Waals surface area contributed by atoms with E-state index in [1.165, 1.54) is 18.1 Å². The lowest BCUT2D eigenvalue weighted by Crippen LogP contribution is -2.38. The van der Waals surface area contributed by atoms with E-state index < -0.39 is 46.8 Å². The first-order valence-electron chi connectivity index (χ1n) is 12.0. The molecule has 0 aliphatic rings. The fourth-order valence-corrected chi connectivity index (χ4v) is 3.29. The first-order chi connectivity index (χ1) is 18.6. The second-order valence-corrected chi connectivity index (χ2v) is 9.49. The van der Waals surface area contributed by atoms with Crippen LogP contribution in [0, 0.1) is 15.9 Å². The number of hydrogen-bond donors (Lipinski definition) is 0. The van der Waals surface area contributed by atoms with Crippen LogP contribution in [0.4, 0.5) is 28.0 Å². The second kappa shape index (κ2) is 13.9. The van der Waals surface area contributed by atoms with Crippen LogP contribution in [0.2, 0.25) is 0 Å². The molecule has 40 heavy (non-hydrogen) atoms. The minimum absolute atomic E-state index is 0.000956. The highest BCUT2D eigenvalue weighted by molar-refractivity contribution is 5.69. The molecule has 0 N–H and O–H groups in total. The number of ether oxygens (including phenoxy) is 4. The van der Waals surface area contributed by atoms with Gasteiger partial charge in [0.05, 0.1) is 43.8 Å². The van der Waals surface area contributed by atoms with Gasteiger partial charge in [-0.1, -0.05) is 6.07 Å². The minimum Gasteiger partial charge on any atom is -0.489 e. The Morgan fingerprint density at radius 3 is 2.35 bits per heavy atom. The maximum absolute atomic E-state index is 13.7. The Bertz CT molecular complexity index is 1200. The highest BCUT2D eigenvalue weighted by atomic mass is 19.4. The van der Waals surface area contributed by atoms with E-state index in [1.54, 1.807) is 20.8 Å². The van der Waals surface area contributed by atoms with Gasteiger partial charge in [-0.2, -0.15) is 13.2 Å². The molecule has 220 valence electrons. The van der Waals surface area contributed by atoms with Crippen molar-refractivity contribution < 1.29 is 51.0 Å². The number of alkyl halides is 3. The SMILES string of the molecule is COC(=O)CCOCCN(Cc1cc([N+](=O)[O-])ccc1OCc1ccc(F)c(C(F)(F)F)c1)C(=O)OC(C)(C)C. The zero-order chi connectivity index (χ0) is 30.1. The Hall–Kier alpha value is -3.94. The Morgan fingerprint density at radius 2 is 1.75 bits per heavy atom. The molecule has 14 heteroatoms. The number of nitro groups is 1. The first-order valence-corrected chi connectivity index (χ1v) is 12.0. The quantitative estimate of drug-likeness (QED) is 0.105. The average molecular weight is 575 g/mol. The Kier molecular flexibility index (Phi) is 11.2. The number of esters is 1. The first kappa shape index (κ1) is 32.3. The fourth-order valence-electron chi connectivity index (χ4n) is 3.29. The maximum atomic E-state index is 13.7. The Labute approximate surface area is 227 Å². The van der Waals surface area contributed by atoms with Crippen LogP contribution in [-0.4, -0.2) is 54.4 Å². The van der Waals surface area contributed by atoms with E-state index >= 15 is 0 Å². The second-order valence-electron chi connectivity index (χ2n) is 9.49. The summed E-state index contributed by atoms with van der Waals surface area (Å²) < 4.78 is 73.9. The van der Waals surface area contributed by atoms with Gasteiger partial charge in [-0.3, -0.25) is 14.9 Å². The molecule has 10 nitrogen and oxygen atoms in total. The highest BCUT2D eigenvalue weighted by Gasteiger charge is 2.34. The number of carbonyl (C=O) groups excluding carboxylic acids is 2. The third-order valence-corrected chi connectivity index (χ3v) is 5.18. The molecule has 0 spiro atoms. The molecule has 2 aromatic rings. The summed E-state index contributed by atoms with van der Waals surface area (Å²) in [4.78, 5) is 36.1. The number of nitro benzene ring substituents is 1. The average Bonchev–Trinajstić information content (AvgIpc) is 2.85. The highest BCUT2D eigenvalue weighted by Crippen LogP contribution is 2.33. The molecule has 1 amide bonds. The monoisotopic (exact) mass is 574 g/mol. The number of non-ortho nitro benzene ring substituents is 1. The maximum Gasteiger partial charge on any atom is 0.419 e. The number of rotatable bonds is 12. The van der Waals surface area contributed by atoms with E-state index in [9.17, 15) is 37.3 Å². The van der Waals surface area contributed by atoms with Gasteiger partial charge in [-0.25, -0.2) is 9.18 Å². The molecule has 0 atom stereocenters. The van der Waals surface area contributed by atoms with Crippen LogP contribution in [0.1, 0.15) is 43.9 Å². The van der Waals surface area contributed by atoms with Crippen molar-refractivity contribution in [3.05, 3.63) is 69.0 Å². The van der Waals surface area contributed by atoms with Gasteiger partial charge in [0.15, 0.2) is 0 Å². The van der Waals surface area contributed by atoms with Crippen molar-refractivity contribution in [2.45, 2.75) is 52.1 Å².